The van der Waals surface area contributed by atoms with Crippen LogP contribution in [0.5, 0.6) is 0 Å². The van der Waals surface area contributed by atoms with Crippen LogP contribution in [0.4, 0.5) is 0 Å². The van der Waals surface area contributed by atoms with E-state index < -0.39 is 5.97 Å². The number of rotatable bonds is 4. The van der Waals surface area contributed by atoms with E-state index in [1.807, 2.05) is 0 Å². The molecule has 3 nitrogen and oxygen atoms in total. The van der Waals surface area contributed by atoms with Crippen molar-refractivity contribution in [3.8, 4) is 0 Å². The summed E-state index contributed by atoms with van der Waals surface area (Å²) in [6.45, 7) is 0.625. The third kappa shape index (κ3) is 4.57. The van der Waals surface area contributed by atoms with Crippen molar-refractivity contribution < 1.29 is 9.90 Å². The molecule has 1 fully saturated rings. The summed E-state index contributed by atoms with van der Waals surface area (Å²) < 4.78 is 0. The second-order valence-corrected chi connectivity index (χ2v) is 3.08. The maximum Gasteiger partial charge on any atom is 0.304 e. The first kappa shape index (κ1) is 11.7. The molecule has 12 heavy (non-hydrogen) atoms. The fourth-order valence-electron chi connectivity index (χ4n) is 1.51. The average Bonchev–Trinajstić information content (AvgIpc) is 2.39. The zero-order valence-electron chi connectivity index (χ0n) is 7.08. The Labute approximate surface area is 78.9 Å². The van der Waals surface area contributed by atoms with Gasteiger partial charge in [0, 0.05) is 12.6 Å². The SMILES string of the molecule is Cl.O=C(O)CCNC1CCCC1. The highest BCUT2D eigenvalue weighted by molar-refractivity contribution is 5.85. The van der Waals surface area contributed by atoms with Crippen molar-refractivity contribution in [1.29, 1.82) is 0 Å². The molecule has 0 unspecified atom stereocenters. The van der Waals surface area contributed by atoms with E-state index in [1.54, 1.807) is 0 Å². The molecule has 0 atom stereocenters. The summed E-state index contributed by atoms with van der Waals surface area (Å²) in [4.78, 5) is 10.1. The predicted octanol–water partition coefficient (Wildman–Crippen LogP) is 1.42. The van der Waals surface area contributed by atoms with Crippen molar-refractivity contribution in [1.82, 2.24) is 5.32 Å². The van der Waals surface area contributed by atoms with Gasteiger partial charge in [-0.25, -0.2) is 0 Å². The normalized spacial score (nSPS) is 17.3. The summed E-state index contributed by atoms with van der Waals surface area (Å²) in [5.74, 6) is -0.713. The van der Waals surface area contributed by atoms with E-state index >= 15 is 0 Å². The Morgan fingerprint density at radius 3 is 2.50 bits per heavy atom. The monoisotopic (exact) mass is 193 g/mol. The van der Waals surface area contributed by atoms with Crippen molar-refractivity contribution in [2.75, 3.05) is 6.54 Å². The standard InChI is InChI=1S/C8H15NO2.ClH/c10-8(11)5-6-9-7-3-1-2-4-7;/h7,9H,1-6H2,(H,10,11);1H. The number of hydrogen-bond donors (Lipinski definition) is 2. The molecule has 2 N–H and O–H groups in total. The van der Waals surface area contributed by atoms with Crippen molar-refractivity contribution in [2.45, 2.75) is 38.1 Å². The molecule has 0 bridgehead atoms. The predicted molar refractivity (Wildman–Crippen MR) is 49.8 cm³/mol. The molecule has 0 spiro atoms. The Hall–Kier alpha value is -0.280. The molecule has 4 heteroatoms. The van der Waals surface area contributed by atoms with Crippen molar-refractivity contribution in [2.24, 2.45) is 0 Å². The van der Waals surface area contributed by atoms with E-state index in [1.165, 1.54) is 25.7 Å². The second kappa shape index (κ2) is 6.26. The van der Waals surface area contributed by atoms with Gasteiger partial charge in [-0.05, 0) is 12.8 Å². The van der Waals surface area contributed by atoms with E-state index in [-0.39, 0.29) is 18.8 Å². The first-order valence-electron chi connectivity index (χ1n) is 4.24. The number of carboxylic acids is 1. The third-order valence-electron chi connectivity index (χ3n) is 2.13. The molecule has 0 radical (unpaired) electrons. The molecule has 0 saturated heterocycles. The maximum atomic E-state index is 10.1. The summed E-state index contributed by atoms with van der Waals surface area (Å²) in [6.07, 6.45) is 5.28. The van der Waals surface area contributed by atoms with Crippen LogP contribution in [-0.2, 0) is 4.79 Å². The van der Waals surface area contributed by atoms with Gasteiger partial charge in [-0.2, -0.15) is 0 Å². The van der Waals surface area contributed by atoms with Crippen LogP contribution in [-0.4, -0.2) is 23.7 Å². The van der Waals surface area contributed by atoms with Crippen molar-refractivity contribution in [3.05, 3.63) is 0 Å². The van der Waals surface area contributed by atoms with Gasteiger partial charge in [-0.3, -0.25) is 4.79 Å². The topological polar surface area (TPSA) is 49.3 Å². The molecule has 0 aromatic carbocycles. The van der Waals surface area contributed by atoms with Crippen LogP contribution in [0.15, 0.2) is 0 Å². The fraction of sp³-hybridized carbons (Fsp3) is 0.875. The van der Waals surface area contributed by atoms with Crippen LogP contribution in [0.3, 0.4) is 0 Å². The molecule has 1 rings (SSSR count). The molecule has 0 heterocycles. The largest absolute Gasteiger partial charge is 0.481 e. The highest BCUT2D eigenvalue weighted by atomic mass is 35.5. The lowest BCUT2D eigenvalue weighted by Crippen LogP contribution is -2.28. The first-order valence-corrected chi connectivity index (χ1v) is 4.24. The number of aliphatic carboxylic acids is 1. The van der Waals surface area contributed by atoms with Crippen LogP contribution in [0.2, 0.25) is 0 Å². The smallest absolute Gasteiger partial charge is 0.304 e. The molecular weight excluding hydrogens is 178 g/mol. The van der Waals surface area contributed by atoms with Gasteiger partial charge in [0.05, 0.1) is 6.42 Å². The van der Waals surface area contributed by atoms with E-state index in [0.717, 1.165) is 0 Å². The Morgan fingerprint density at radius 1 is 1.42 bits per heavy atom. The van der Waals surface area contributed by atoms with E-state index in [2.05, 4.69) is 5.32 Å². The van der Waals surface area contributed by atoms with Crippen molar-refractivity contribution >= 4 is 18.4 Å². The van der Waals surface area contributed by atoms with Gasteiger partial charge in [-0.1, -0.05) is 12.8 Å². The Balaban J connectivity index is 0.00000121. The minimum absolute atomic E-state index is 0. The molecule has 0 aromatic rings. The maximum absolute atomic E-state index is 10.1. The number of hydrogen-bond acceptors (Lipinski definition) is 2. The number of nitrogens with one attached hydrogen (secondary N) is 1. The Kier molecular flexibility index (Phi) is 6.11. The van der Waals surface area contributed by atoms with Gasteiger partial charge in [0.1, 0.15) is 0 Å². The van der Waals surface area contributed by atoms with E-state index in [0.29, 0.717) is 12.6 Å². The molecule has 1 aliphatic carbocycles. The summed E-state index contributed by atoms with van der Waals surface area (Å²) in [5.41, 5.74) is 0. The van der Waals surface area contributed by atoms with Gasteiger partial charge in [0.15, 0.2) is 0 Å². The van der Waals surface area contributed by atoms with Crippen LogP contribution in [0.25, 0.3) is 0 Å². The van der Waals surface area contributed by atoms with Crippen molar-refractivity contribution in [3.63, 3.8) is 0 Å². The molecule has 0 aromatic heterocycles. The van der Waals surface area contributed by atoms with Gasteiger partial charge >= 0.3 is 5.97 Å². The summed E-state index contributed by atoms with van der Waals surface area (Å²) in [5, 5.41) is 11.6. The second-order valence-electron chi connectivity index (χ2n) is 3.08. The third-order valence-corrected chi connectivity index (χ3v) is 2.13. The first-order chi connectivity index (χ1) is 5.29. The number of carbonyl (C=O) groups is 1. The molecular formula is C8H16ClNO2. The average molecular weight is 194 g/mol. The van der Waals surface area contributed by atoms with Gasteiger partial charge < -0.3 is 10.4 Å². The van der Waals surface area contributed by atoms with Crippen LogP contribution >= 0.6 is 12.4 Å². The molecule has 1 saturated carbocycles. The lowest BCUT2D eigenvalue weighted by Gasteiger charge is -2.09. The quantitative estimate of drug-likeness (QED) is 0.710. The lowest BCUT2D eigenvalue weighted by molar-refractivity contribution is -0.136. The Bertz CT molecular complexity index is 135. The van der Waals surface area contributed by atoms with Crippen LogP contribution < -0.4 is 5.32 Å². The summed E-state index contributed by atoms with van der Waals surface area (Å²) in [7, 11) is 0. The minimum Gasteiger partial charge on any atom is -0.481 e. The molecule has 0 aliphatic heterocycles. The lowest BCUT2D eigenvalue weighted by atomic mass is 10.2. The number of carboxylic acid groups (broad SMARTS) is 1. The van der Waals surface area contributed by atoms with Gasteiger partial charge in [-0.15, -0.1) is 12.4 Å². The fourth-order valence-corrected chi connectivity index (χ4v) is 1.51. The van der Waals surface area contributed by atoms with Gasteiger partial charge in [0.2, 0.25) is 0 Å². The van der Waals surface area contributed by atoms with E-state index in [9.17, 15) is 4.79 Å². The van der Waals surface area contributed by atoms with Crippen LogP contribution in [0, 0.1) is 0 Å². The highest BCUT2D eigenvalue weighted by Crippen LogP contribution is 2.17. The zero-order valence-corrected chi connectivity index (χ0v) is 7.90. The van der Waals surface area contributed by atoms with E-state index in [4.69, 9.17) is 5.11 Å². The molecule has 0 amide bonds. The summed E-state index contributed by atoms with van der Waals surface area (Å²) in [6, 6.07) is 0.592. The molecule has 1 aliphatic rings. The molecule has 72 valence electrons. The number of halogens is 1. The van der Waals surface area contributed by atoms with Crippen LogP contribution in [0.1, 0.15) is 32.1 Å². The van der Waals surface area contributed by atoms with Gasteiger partial charge in [0.25, 0.3) is 0 Å². The summed E-state index contributed by atoms with van der Waals surface area (Å²) >= 11 is 0. The zero-order chi connectivity index (χ0) is 8.10. The minimum atomic E-state index is -0.713. The highest BCUT2D eigenvalue weighted by Gasteiger charge is 2.13. The Morgan fingerprint density at radius 2 is 2.00 bits per heavy atom.